The van der Waals surface area contributed by atoms with E-state index in [1.54, 1.807) is 0 Å². The van der Waals surface area contributed by atoms with Gasteiger partial charge in [0.05, 0.1) is 0 Å². The summed E-state index contributed by atoms with van der Waals surface area (Å²) >= 11 is 0. The van der Waals surface area contributed by atoms with Crippen LogP contribution >= 0.6 is 0 Å². The SMILES string of the molecule is Cc1ccc(CCC(=O)N2CC(C)N(C)C(C)C2)cc1. The van der Waals surface area contributed by atoms with E-state index < -0.39 is 0 Å². The van der Waals surface area contributed by atoms with Gasteiger partial charge < -0.3 is 4.90 Å². The van der Waals surface area contributed by atoms with Crippen molar-refractivity contribution in [3.05, 3.63) is 35.4 Å². The number of nitrogens with zero attached hydrogens (tertiary/aromatic N) is 2. The van der Waals surface area contributed by atoms with Crippen molar-refractivity contribution in [3.8, 4) is 0 Å². The average molecular weight is 274 g/mol. The molecule has 110 valence electrons. The number of carbonyl (C=O) groups is 1. The van der Waals surface area contributed by atoms with Crippen LogP contribution in [0, 0.1) is 6.92 Å². The molecule has 1 aromatic carbocycles. The molecule has 1 aromatic rings. The molecule has 2 atom stereocenters. The zero-order chi connectivity index (χ0) is 14.7. The fourth-order valence-corrected chi connectivity index (χ4v) is 2.77. The van der Waals surface area contributed by atoms with Crippen LogP contribution in [0.4, 0.5) is 0 Å². The van der Waals surface area contributed by atoms with E-state index in [1.165, 1.54) is 11.1 Å². The number of aryl methyl sites for hydroxylation is 2. The number of hydrogen-bond donors (Lipinski definition) is 0. The Morgan fingerprint density at radius 3 is 2.25 bits per heavy atom. The van der Waals surface area contributed by atoms with Gasteiger partial charge in [0.25, 0.3) is 0 Å². The van der Waals surface area contributed by atoms with Crippen LogP contribution in [0.15, 0.2) is 24.3 Å². The number of hydrogen-bond acceptors (Lipinski definition) is 2. The Morgan fingerprint density at radius 1 is 1.15 bits per heavy atom. The Labute approximate surface area is 122 Å². The van der Waals surface area contributed by atoms with Crippen LogP contribution in [0.1, 0.15) is 31.4 Å². The molecule has 0 spiro atoms. The lowest BCUT2D eigenvalue weighted by atomic mass is 10.1. The molecule has 0 bridgehead atoms. The van der Waals surface area contributed by atoms with Crippen LogP contribution in [0.5, 0.6) is 0 Å². The van der Waals surface area contributed by atoms with Gasteiger partial charge in [0.2, 0.25) is 5.91 Å². The quantitative estimate of drug-likeness (QED) is 0.845. The third kappa shape index (κ3) is 3.60. The van der Waals surface area contributed by atoms with Crippen molar-refractivity contribution in [3.63, 3.8) is 0 Å². The smallest absolute Gasteiger partial charge is 0.223 e. The van der Waals surface area contributed by atoms with Crippen LogP contribution in [0.25, 0.3) is 0 Å². The van der Waals surface area contributed by atoms with Crippen molar-refractivity contribution in [1.82, 2.24) is 9.80 Å². The summed E-state index contributed by atoms with van der Waals surface area (Å²) in [6.07, 6.45) is 1.46. The highest BCUT2D eigenvalue weighted by molar-refractivity contribution is 5.76. The lowest BCUT2D eigenvalue weighted by Gasteiger charge is -2.42. The molecule has 0 aliphatic carbocycles. The molecule has 0 saturated carbocycles. The second kappa shape index (κ2) is 6.40. The van der Waals surface area contributed by atoms with Gasteiger partial charge in [-0.15, -0.1) is 0 Å². The van der Waals surface area contributed by atoms with Crippen LogP contribution in [-0.4, -0.2) is 47.9 Å². The van der Waals surface area contributed by atoms with E-state index in [2.05, 4.69) is 57.0 Å². The molecule has 2 rings (SSSR count). The Kier molecular flexibility index (Phi) is 4.81. The molecule has 0 N–H and O–H groups in total. The second-order valence-corrected chi connectivity index (χ2v) is 6.15. The van der Waals surface area contributed by atoms with E-state index in [0.717, 1.165) is 19.5 Å². The number of amides is 1. The first-order valence-corrected chi connectivity index (χ1v) is 7.52. The third-order valence-corrected chi connectivity index (χ3v) is 4.46. The zero-order valence-corrected chi connectivity index (χ0v) is 13.1. The number of benzene rings is 1. The predicted molar refractivity (Wildman–Crippen MR) is 82.8 cm³/mol. The van der Waals surface area contributed by atoms with E-state index in [9.17, 15) is 4.79 Å². The molecular weight excluding hydrogens is 248 g/mol. The highest BCUT2D eigenvalue weighted by Crippen LogP contribution is 2.15. The third-order valence-electron chi connectivity index (χ3n) is 4.46. The van der Waals surface area contributed by atoms with Crippen molar-refractivity contribution in [2.24, 2.45) is 0 Å². The van der Waals surface area contributed by atoms with Gasteiger partial charge in [0.1, 0.15) is 0 Å². The van der Waals surface area contributed by atoms with Gasteiger partial charge in [-0.2, -0.15) is 0 Å². The summed E-state index contributed by atoms with van der Waals surface area (Å²) in [5, 5.41) is 0. The highest BCUT2D eigenvalue weighted by atomic mass is 16.2. The first kappa shape index (κ1) is 15.0. The minimum absolute atomic E-state index is 0.289. The Morgan fingerprint density at radius 2 is 1.70 bits per heavy atom. The number of carbonyl (C=O) groups excluding carboxylic acids is 1. The van der Waals surface area contributed by atoms with Crippen molar-refractivity contribution >= 4 is 5.91 Å². The van der Waals surface area contributed by atoms with E-state index in [1.807, 2.05) is 4.90 Å². The number of rotatable bonds is 3. The summed E-state index contributed by atoms with van der Waals surface area (Å²) < 4.78 is 0. The largest absolute Gasteiger partial charge is 0.340 e. The van der Waals surface area contributed by atoms with Crippen LogP contribution < -0.4 is 0 Å². The van der Waals surface area contributed by atoms with Gasteiger partial charge in [-0.3, -0.25) is 9.69 Å². The molecule has 1 saturated heterocycles. The summed E-state index contributed by atoms with van der Waals surface area (Å²) in [5.74, 6) is 0.289. The summed E-state index contributed by atoms with van der Waals surface area (Å²) in [6.45, 7) is 8.18. The molecule has 1 heterocycles. The lowest BCUT2D eigenvalue weighted by Crippen LogP contribution is -2.56. The molecule has 0 aromatic heterocycles. The molecule has 3 nitrogen and oxygen atoms in total. The Bertz CT molecular complexity index is 443. The minimum Gasteiger partial charge on any atom is -0.340 e. The fraction of sp³-hybridized carbons (Fsp3) is 0.588. The summed E-state index contributed by atoms with van der Waals surface area (Å²) in [4.78, 5) is 16.7. The molecule has 2 unspecified atom stereocenters. The molecule has 1 amide bonds. The number of piperazine rings is 1. The van der Waals surface area contributed by atoms with Crippen LogP contribution in [-0.2, 0) is 11.2 Å². The monoisotopic (exact) mass is 274 g/mol. The van der Waals surface area contributed by atoms with Crippen molar-refractivity contribution in [2.75, 3.05) is 20.1 Å². The fourth-order valence-electron chi connectivity index (χ4n) is 2.77. The summed E-state index contributed by atoms with van der Waals surface area (Å²) in [5.41, 5.74) is 2.51. The Balaban J connectivity index is 1.87. The van der Waals surface area contributed by atoms with Gasteiger partial charge in [-0.05, 0) is 39.8 Å². The number of likely N-dealkylation sites (N-methyl/N-ethyl adjacent to an activating group) is 1. The molecule has 20 heavy (non-hydrogen) atoms. The van der Waals surface area contributed by atoms with E-state index in [4.69, 9.17) is 0 Å². The van der Waals surface area contributed by atoms with Gasteiger partial charge in [-0.25, -0.2) is 0 Å². The zero-order valence-electron chi connectivity index (χ0n) is 13.1. The predicted octanol–water partition coefficient (Wildman–Crippen LogP) is 2.48. The second-order valence-electron chi connectivity index (χ2n) is 6.15. The van der Waals surface area contributed by atoms with Crippen LogP contribution in [0.2, 0.25) is 0 Å². The molecule has 0 radical (unpaired) electrons. The highest BCUT2D eigenvalue weighted by Gasteiger charge is 2.28. The van der Waals surface area contributed by atoms with Crippen molar-refractivity contribution in [1.29, 1.82) is 0 Å². The van der Waals surface area contributed by atoms with E-state index in [-0.39, 0.29) is 5.91 Å². The van der Waals surface area contributed by atoms with Gasteiger partial charge in [-0.1, -0.05) is 29.8 Å². The van der Waals surface area contributed by atoms with E-state index in [0.29, 0.717) is 18.5 Å². The first-order valence-electron chi connectivity index (χ1n) is 7.52. The van der Waals surface area contributed by atoms with Gasteiger partial charge in [0.15, 0.2) is 0 Å². The topological polar surface area (TPSA) is 23.6 Å². The normalized spacial score (nSPS) is 23.9. The maximum absolute atomic E-state index is 12.3. The maximum atomic E-state index is 12.3. The van der Waals surface area contributed by atoms with Crippen molar-refractivity contribution in [2.45, 2.75) is 45.7 Å². The minimum atomic E-state index is 0.289. The van der Waals surface area contributed by atoms with E-state index >= 15 is 0 Å². The molecule has 1 fully saturated rings. The first-order chi connectivity index (χ1) is 9.47. The average Bonchev–Trinajstić information content (AvgIpc) is 2.43. The molecule has 1 aliphatic rings. The summed E-state index contributed by atoms with van der Waals surface area (Å²) in [6, 6.07) is 9.36. The lowest BCUT2D eigenvalue weighted by molar-refractivity contribution is -0.135. The van der Waals surface area contributed by atoms with Gasteiger partial charge in [0, 0.05) is 31.6 Å². The molecule has 1 aliphatic heterocycles. The standard InChI is InChI=1S/C17H26N2O/c1-13-5-7-16(8-6-13)9-10-17(20)19-11-14(2)18(4)15(3)12-19/h5-8,14-15H,9-12H2,1-4H3. The van der Waals surface area contributed by atoms with Gasteiger partial charge >= 0.3 is 0 Å². The molecular formula is C17H26N2O. The van der Waals surface area contributed by atoms with Crippen LogP contribution in [0.3, 0.4) is 0 Å². The Hall–Kier alpha value is -1.35. The van der Waals surface area contributed by atoms with Crippen molar-refractivity contribution < 1.29 is 4.79 Å². The molecule has 3 heteroatoms. The summed E-state index contributed by atoms with van der Waals surface area (Å²) in [7, 11) is 2.14. The maximum Gasteiger partial charge on any atom is 0.223 e.